The van der Waals surface area contributed by atoms with Crippen molar-refractivity contribution < 1.29 is 0 Å². The molecule has 0 nitrogen and oxygen atoms in total. The third kappa shape index (κ3) is 3.25. The molecule has 1 rings (SSSR count). The third-order valence-corrected chi connectivity index (χ3v) is 3.65. The lowest BCUT2D eigenvalue weighted by molar-refractivity contribution is 0.789. The molecule has 0 atom stereocenters. The Balaban J connectivity index is 3.46. The molecule has 0 heterocycles. The van der Waals surface area contributed by atoms with E-state index in [9.17, 15) is 0 Å². The Morgan fingerprint density at radius 3 is 1.47 bits per heavy atom. The molecule has 1 aromatic rings. The summed E-state index contributed by atoms with van der Waals surface area (Å²) in [6, 6.07) is 4.69. The van der Waals surface area contributed by atoms with E-state index in [0.29, 0.717) is 23.6 Å². The normalized spacial score (nSPS) is 11.9. The fourth-order valence-corrected chi connectivity index (χ4v) is 2.57. The minimum Gasteiger partial charge on any atom is -0.122 e. The largest absolute Gasteiger partial charge is 0.122 e. The number of hydrogen-bond acceptors (Lipinski definition) is 0. The van der Waals surface area contributed by atoms with E-state index in [-0.39, 0.29) is 0 Å². The van der Waals surface area contributed by atoms with Crippen LogP contribution in [-0.4, -0.2) is 0 Å². The van der Waals surface area contributed by atoms with Crippen LogP contribution in [-0.2, 0) is 5.88 Å². The Labute approximate surface area is 111 Å². The molecule has 0 aliphatic heterocycles. The monoisotopic (exact) mass is 252 g/mol. The van der Waals surface area contributed by atoms with Gasteiger partial charge in [0.1, 0.15) is 0 Å². The minimum atomic E-state index is 0.542. The van der Waals surface area contributed by atoms with Crippen LogP contribution in [0.25, 0.3) is 0 Å². The molecule has 1 heteroatoms. The molecular weight excluding hydrogens is 228 g/mol. The first-order chi connectivity index (χ1) is 7.88. The molecule has 0 aliphatic carbocycles. The molecule has 0 unspecified atom stereocenters. The standard InChI is InChI=1S/C16H25Cl/c1-10(2)13-7-14(11(3)4)16(9-17)15(8-13)12(5)6/h7-8,10-12H,9H2,1-6H3. The van der Waals surface area contributed by atoms with Crippen LogP contribution in [0.15, 0.2) is 12.1 Å². The van der Waals surface area contributed by atoms with Gasteiger partial charge in [-0.3, -0.25) is 0 Å². The maximum atomic E-state index is 6.16. The highest BCUT2D eigenvalue weighted by Crippen LogP contribution is 2.32. The van der Waals surface area contributed by atoms with E-state index in [1.807, 2.05) is 0 Å². The van der Waals surface area contributed by atoms with Crippen LogP contribution >= 0.6 is 11.6 Å². The SMILES string of the molecule is CC(C)c1cc(C(C)C)c(CCl)c(C(C)C)c1. The second kappa shape index (κ2) is 5.91. The summed E-state index contributed by atoms with van der Waals surface area (Å²) in [5, 5.41) is 0. The number of rotatable bonds is 4. The topological polar surface area (TPSA) is 0 Å². The lowest BCUT2D eigenvalue weighted by Gasteiger charge is -2.21. The van der Waals surface area contributed by atoms with Gasteiger partial charge in [-0.1, -0.05) is 53.7 Å². The highest BCUT2D eigenvalue weighted by atomic mass is 35.5. The average molecular weight is 253 g/mol. The molecule has 0 N–H and O–H groups in total. The molecule has 0 amide bonds. The molecular formula is C16H25Cl. The fourth-order valence-electron chi connectivity index (χ4n) is 2.26. The van der Waals surface area contributed by atoms with Gasteiger partial charge in [-0.2, -0.15) is 0 Å². The highest BCUT2D eigenvalue weighted by Gasteiger charge is 2.15. The van der Waals surface area contributed by atoms with E-state index >= 15 is 0 Å². The summed E-state index contributed by atoms with van der Waals surface area (Å²) in [5.41, 5.74) is 5.64. The summed E-state index contributed by atoms with van der Waals surface area (Å²) in [7, 11) is 0. The van der Waals surface area contributed by atoms with Crippen LogP contribution in [0.5, 0.6) is 0 Å². The molecule has 0 bridgehead atoms. The van der Waals surface area contributed by atoms with Crippen molar-refractivity contribution in [3.05, 3.63) is 34.4 Å². The molecule has 1 aromatic carbocycles. The quantitative estimate of drug-likeness (QED) is 0.595. The summed E-state index contributed by atoms with van der Waals surface area (Å²) in [4.78, 5) is 0. The summed E-state index contributed by atoms with van der Waals surface area (Å²) in [5.74, 6) is 2.29. The van der Waals surface area contributed by atoms with Gasteiger partial charge in [0, 0.05) is 5.88 Å². The van der Waals surface area contributed by atoms with Crippen LogP contribution in [0.3, 0.4) is 0 Å². The predicted octanol–water partition coefficient (Wildman–Crippen LogP) is 5.80. The molecule has 0 saturated carbocycles. The number of alkyl halides is 1. The van der Waals surface area contributed by atoms with Crippen molar-refractivity contribution in [1.29, 1.82) is 0 Å². The molecule has 0 aliphatic rings. The van der Waals surface area contributed by atoms with Gasteiger partial charge in [0.2, 0.25) is 0 Å². The Morgan fingerprint density at radius 2 is 1.24 bits per heavy atom. The van der Waals surface area contributed by atoms with Crippen LogP contribution in [0.2, 0.25) is 0 Å². The highest BCUT2D eigenvalue weighted by molar-refractivity contribution is 6.17. The number of benzene rings is 1. The second-order valence-corrected chi connectivity index (χ2v) is 6.04. The van der Waals surface area contributed by atoms with E-state index < -0.39 is 0 Å². The van der Waals surface area contributed by atoms with E-state index in [1.165, 1.54) is 22.3 Å². The van der Waals surface area contributed by atoms with Crippen LogP contribution in [0.1, 0.15) is 81.5 Å². The van der Waals surface area contributed by atoms with Gasteiger partial charge in [-0.25, -0.2) is 0 Å². The molecule has 96 valence electrons. The molecule has 0 aromatic heterocycles. The van der Waals surface area contributed by atoms with Crippen molar-refractivity contribution in [2.75, 3.05) is 0 Å². The minimum absolute atomic E-state index is 0.542. The number of hydrogen-bond donors (Lipinski definition) is 0. The van der Waals surface area contributed by atoms with Crippen LogP contribution in [0.4, 0.5) is 0 Å². The number of halogens is 1. The summed E-state index contributed by atoms with van der Waals surface area (Å²) < 4.78 is 0. The summed E-state index contributed by atoms with van der Waals surface area (Å²) in [6.07, 6.45) is 0. The van der Waals surface area contributed by atoms with Crippen molar-refractivity contribution >= 4 is 11.6 Å². The van der Waals surface area contributed by atoms with Crippen molar-refractivity contribution in [2.24, 2.45) is 0 Å². The predicted molar refractivity (Wildman–Crippen MR) is 78.3 cm³/mol. The fraction of sp³-hybridized carbons (Fsp3) is 0.625. The molecule has 0 saturated heterocycles. The van der Waals surface area contributed by atoms with Crippen molar-refractivity contribution in [3.63, 3.8) is 0 Å². The molecule has 0 fully saturated rings. The zero-order valence-corrected chi connectivity index (χ0v) is 12.7. The summed E-state index contributed by atoms with van der Waals surface area (Å²) in [6.45, 7) is 13.5. The zero-order valence-electron chi connectivity index (χ0n) is 12.0. The van der Waals surface area contributed by atoms with E-state index in [4.69, 9.17) is 11.6 Å². The van der Waals surface area contributed by atoms with Gasteiger partial charge in [0.05, 0.1) is 0 Å². The lowest BCUT2D eigenvalue weighted by Crippen LogP contribution is -2.05. The van der Waals surface area contributed by atoms with E-state index in [1.54, 1.807) is 0 Å². The first kappa shape index (κ1) is 14.6. The molecule has 0 radical (unpaired) electrons. The first-order valence-electron chi connectivity index (χ1n) is 6.61. The van der Waals surface area contributed by atoms with E-state index in [2.05, 4.69) is 53.7 Å². The van der Waals surface area contributed by atoms with Gasteiger partial charge >= 0.3 is 0 Å². The van der Waals surface area contributed by atoms with Gasteiger partial charge in [0.15, 0.2) is 0 Å². The Morgan fingerprint density at radius 1 is 0.824 bits per heavy atom. The van der Waals surface area contributed by atoms with Gasteiger partial charge in [0.25, 0.3) is 0 Å². The molecule has 17 heavy (non-hydrogen) atoms. The second-order valence-electron chi connectivity index (χ2n) is 5.78. The lowest BCUT2D eigenvalue weighted by atomic mass is 9.85. The smallest absolute Gasteiger partial charge is 0.0479 e. The average Bonchev–Trinajstić information content (AvgIpc) is 2.26. The Kier molecular flexibility index (Phi) is 5.06. The maximum Gasteiger partial charge on any atom is 0.0479 e. The Hall–Kier alpha value is -0.490. The Bertz CT molecular complexity index is 346. The van der Waals surface area contributed by atoms with Crippen molar-refractivity contribution in [3.8, 4) is 0 Å². The molecule has 0 spiro atoms. The van der Waals surface area contributed by atoms with E-state index in [0.717, 1.165) is 0 Å². The first-order valence-corrected chi connectivity index (χ1v) is 7.14. The third-order valence-electron chi connectivity index (χ3n) is 3.39. The van der Waals surface area contributed by atoms with Crippen molar-refractivity contribution in [2.45, 2.75) is 65.2 Å². The zero-order chi connectivity index (χ0) is 13.2. The van der Waals surface area contributed by atoms with Gasteiger partial charge in [-0.15, -0.1) is 11.6 Å². The maximum absolute atomic E-state index is 6.16. The van der Waals surface area contributed by atoms with Gasteiger partial charge < -0.3 is 0 Å². The van der Waals surface area contributed by atoms with Gasteiger partial charge in [-0.05, 0) is 40.0 Å². The summed E-state index contributed by atoms with van der Waals surface area (Å²) >= 11 is 6.16. The van der Waals surface area contributed by atoms with Crippen molar-refractivity contribution in [1.82, 2.24) is 0 Å². The van der Waals surface area contributed by atoms with Crippen LogP contribution < -0.4 is 0 Å². The van der Waals surface area contributed by atoms with Crippen LogP contribution in [0, 0.1) is 0 Å².